The molecule has 1 fully saturated rings. The van der Waals surface area contributed by atoms with E-state index >= 15 is 0 Å². The molecule has 136 valence electrons. The van der Waals surface area contributed by atoms with Crippen LogP contribution in [0.25, 0.3) is 22.3 Å². The van der Waals surface area contributed by atoms with Gasteiger partial charge in [0.25, 0.3) is 0 Å². The van der Waals surface area contributed by atoms with Crippen molar-refractivity contribution in [1.29, 1.82) is 0 Å². The summed E-state index contributed by atoms with van der Waals surface area (Å²) in [5.41, 5.74) is 3.88. The quantitative estimate of drug-likeness (QED) is 0.765. The molecule has 1 saturated heterocycles. The van der Waals surface area contributed by atoms with E-state index < -0.39 is 0 Å². The van der Waals surface area contributed by atoms with Gasteiger partial charge in [-0.05, 0) is 12.1 Å². The molecule has 3 aromatic rings. The van der Waals surface area contributed by atoms with Crippen LogP contribution in [0.2, 0.25) is 0 Å². The monoisotopic (exact) mass is 370 g/mol. The van der Waals surface area contributed by atoms with Gasteiger partial charge in [-0.2, -0.15) is 0 Å². The number of fused-ring (bicyclic) bond motifs is 1. The molecular formula is C20H23ClN4O. The first-order valence-corrected chi connectivity index (χ1v) is 8.75. The molecule has 0 unspecified atom stereocenters. The zero-order valence-corrected chi connectivity index (χ0v) is 15.4. The van der Waals surface area contributed by atoms with Gasteiger partial charge in [-0.3, -0.25) is 4.90 Å². The molecule has 5 nitrogen and oxygen atoms in total. The number of para-hydroxylation sites is 2. The van der Waals surface area contributed by atoms with E-state index in [1.165, 1.54) is 0 Å². The Kier molecular flexibility index (Phi) is 6.04. The number of benzene rings is 2. The average molecular weight is 371 g/mol. The maximum Gasteiger partial charge on any atom is 0.156 e. The second-order valence-corrected chi connectivity index (χ2v) is 6.30. The van der Waals surface area contributed by atoms with E-state index in [1.54, 1.807) is 0 Å². The molecule has 1 aromatic heterocycles. The molecule has 1 aliphatic heterocycles. The Morgan fingerprint density at radius 1 is 0.808 bits per heavy atom. The Morgan fingerprint density at radius 3 is 2.08 bits per heavy atom. The van der Waals surface area contributed by atoms with Gasteiger partial charge < -0.3 is 10.0 Å². The summed E-state index contributed by atoms with van der Waals surface area (Å²) in [4.78, 5) is 14.5. The number of hydrogen-bond acceptors (Lipinski definition) is 5. The van der Waals surface area contributed by atoms with Crippen molar-refractivity contribution in [3.63, 3.8) is 0 Å². The van der Waals surface area contributed by atoms with E-state index in [1.807, 2.05) is 42.5 Å². The molecule has 0 spiro atoms. The van der Waals surface area contributed by atoms with E-state index in [2.05, 4.69) is 21.9 Å². The van der Waals surface area contributed by atoms with Gasteiger partial charge in [0.05, 0.1) is 17.6 Å². The highest BCUT2D eigenvalue weighted by molar-refractivity contribution is 5.85. The predicted octanol–water partition coefficient (Wildman–Crippen LogP) is 2.83. The molecule has 0 saturated carbocycles. The molecule has 1 aliphatic rings. The second kappa shape index (κ2) is 8.45. The molecule has 0 amide bonds. The highest BCUT2D eigenvalue weighted by Crippen LogP contribution is 2.30. The van der Waals surface area contributed by atoms with Crippen LogP contribution < -0.4 is 4.90 Å². The molecule has 26 heavy (non-hydrogen) atoms. The first-order chi connectivity index (χ1) is 12.3. The molecular weight excluding hydrogens is 348 g/mol. The molecule has 0 bridgehead atoms. The van der Waals surface area contributed by atoms with Gasteiger partial charge in [-0.15, -0.1) is 12.4 Å². The molecule has 0 atom stereocenters. The van der Waals surface area contributed by atoms with Crippen LogP contribution >= 0.6 is 12.4 Å². The number of halogens is 1. The van der Waals surface area contributed by atoms with Gasteiger partial charge in [0.1, 0.15) is 5.69 Å². The molecule has 2 aromatic carbocycles. The summed E-state index contributed by atoms with van der Waals surface area (Å²) < 4.78 is 0. The van der Waals surface area contributed by atoms with Gasteiger partial charge in [0.2, 0.25) is 0 Å². The summed E-state index contributed by atoms with van der Waals surface area (Å²) in [7, 11) is 0. The van der Waals surface area contributed by atoms with Crippen LogP contribution in [0.4, 0.5) is 5.82 Å². The number of piperazine rings is 1. The van der Waals surface area contributed by atoms with Crippen LogP contribution in [-0.2, 0) is 0 Å². The van der Waals surface area contributed by atoms with Crippen molar-refractivity contribution in [2.75, 3.05) is 44.2 Å². The minimum atomic E-state index is 0. The lowest BCUT2D eigenvalue weighted by Crippen LogP contribution is -2.47. The number of anilines is 1. The summed E-state index contributed by atoms with van der Waals surface area (Å²) in [6.45, 7) is 4.61. The van der Waals surface area contributed by atoms with Crippen molar-refractivity contribution < 1.29 is 5.11 Å². The Balaban J connectivity index is 0.00000196. The Bertz CT molecular complexity index is 851. The third-order valence-electron chi connectivity index (χ3n) is 4.69. The normalized spacial score (nSPS) is 15.0. The summed E-state index contributed by atoms with van der Waals surface area (Å²) in [5, 5.41) is 9.13. The average Bonchev–Trinajstić information content (AvgIpc) is 2.68. The fourth-order valence-corrected chi connectivity index (χ4v) is 3.33. The summed E-state index contributed by atoms with van der Waals surface area (Å²) >= 11 is 0. The highest BCUT2D eigenvalue weighted by Gasteiger charge is 2.22. The van der Waals surface area contributed by atoms with Gasteiger partial charge in [0, 0.05) is 38.3 Å². The molecule has 1 N–H and O–H groups in total. The number of aromatic nitrogens is 2. The molecule has 4 rings (SSSR count). The standard InChI is InChI=1S/C20H22N4O.ClH/c25-15-14-23-10-12-24(13-11-23)20-19(16-6-2-1-3-7-16)21-17-8-4-5-9-18(17)22-20;/h1-9,25H,10-15H2;1H. The number of aliphatic hydroxyl groups is 1. The molecule has 0 aliphatic carbocycles. The van der Waals surface area contributed by atoms with E-state index in [0.29, 0.717) is 0 Å². The topological polar surface area (TPSA) is 52.5 Å². The Labute approximate surface area is 159 Å². The second-order valence-electron chi connectivity index (χ2n) is 6.30. The van der Waals surface area contributed by atoms with Crippen LogP contribution in [0.15, 0.2) is 54.6 Å². The Morgan fingerprint density at radius 2 is 1.42 bits per heavy atom. The van der Waals surface area contributed by atoms with Gasteiger partial charge in [0.15, 0.2) is 5.82 Å². The largest absolute Gasteiger partial charge is 0.395 e. The SMILES string of the molecule is Cl.OCCN1CCN(c2nc3ccccc3nc2-c2ccccc2)CC1. The highest BCUT2D eigenvalue weighted by atomic mass is 35.5. The van der Waals surface area contributed by atoms with Crippen molar-refractivity contribution in [1.82, 2.24) is 14.9 Å². The lowest BCUT2D eigenvalue weighted by Gasteiger charge is -2.35. The first kappa shape index (κ1) is 18.6. The third-order valence-corrected chi connectivity index (χ3v) is 4.69. The first-order valence-electron chi connectivity index (χ1n) is 8.75. The van der Waals surface area contributed by atoms with Crippen LogP contribution in [0.3, 0.4) is 0 Å². The Hall–Kier alpha value is -2.21. The van der Waals surface area contributed by atoms with Crippen LogP contribution in [0.5, 0.6) is 0 Å². The fraction of sp³-hybridized carbons (Fsp3) is 0.300. The van der Waals surface area contributed by atoms with Crippen molar-refractivity contribution >= 4 is 29.3 Å². The predicted molar refractivity (Wildman–Crippen MR) is 108 cm³/mol. The number of β-amino-alcohol motifs (C(OH)–C–C–N with tert-alkyl or cyclic N) is 1. The third kappa shape index (κ3) is 3.80. The van der Waals surface area contributed by atoms with E-state index in [-0.39, 0.29) is 19.0 Å². The van der Waals surface area contributed by atoms with Crippen molar-refractivity contribution in [3.8, 4) is 11.3 Å². The van der Waals surface area contributed by atoms with Gasteiger partial charge in [-0.25, -0.2) is 9.97 Å². The summed E-state index contributed by atoms with van der Waals surface area (Å²) in [6.07, 6.45) is 0. The van der Waals surface area contributed by atoms with Crippen molar-refractivity contribution in [3.05, 3.63) is 54.6 Å². The zero-order valence-electron chi connectivity index (χ0n) is 14.6. The van der Waals surface area contributed by atoms with Gasteiger partial charge >= 0.3 is 0 Å². The van der Waals surface area contributed by atoms with Crippen molar-refractivity contribution in [2.45, 2.75) is 0 Å². The van der Waals surface area contributed by atoms with Crippen LogP contribution in [0, 0.1) is 0 Å². The maximum atomic E-state index is 9.13. The lowest BCUT2D eigenvalue weighted by atomic mass is 10.1. The smallest absolute Gasteiger partial charge is 0.156 e. The molecule has 0 radical (unpaired) electrons. The van der Waals surface area contributed by atoms with Crippen molar-refractivity contribution in [2.24, 2.45) is 0 Å². The molecule has 2 heterocycles. The van der Waals surface area contributed by atoms with E-state index in [0.717, 1.165) is 60.8 Å². The fourth-order valence-electron chi connectivity index (χ4n) is 3.33. The van der Waals surface area contributed by atoms with E-state index in [4.69, 9.17) is 15.1 Å². The maximum absolute atomic E-state index is 9.13. The van der Waals surface area contributed by atoms with E-state index in [9.17, 15) is 0 Å². The van der Waals surface area contributed by atoms with Gasteiger partial charge in [-0.1, -0.05) is 42.5 Å². The summed E-state index contributed by atoms with van der Waals surface area (Å²) in [6, 6.07) is 18.3. The van der Waals surface area contributed by atoms with Crippen LogP contribution in [-0.4, -0.2) is 59.3 Å². The van der Waals surface area contributed by atoms with Crippen LogP contribution in [0.1, 0.15) is 0 Å². The summed E-state index contributed by atoms with van der Waals surface area (Å²) in [5.74, 6) is 0.952. The number of hydrogen-bond donors (Lipinski definition) is 1. The minimum absolute atomic E-state index is 0. The lowest BCUT2D eigenvalue weighted by molar-refractivity contribution is 0.188. The number of aliphatic hydroxyl groups excluding tert-OH is 1. The number of nitrogens with zero attached hydrogens (tertiary/aromatic N) is 4. The molecule has 6 heteroatoms. The minimum Gasteiger partial charge on any atom is -0.395 e. The number of rotatable bonds is 4. The zero-order chi connectivity index (χ0) is 17.1.